The first-order valence-corrected chi connectivity index (χ1v) is 14.1. The van der Waals surface area contributed by atoms with Crippen LogP contribution < -0.4 is 16.4 Å². The fourth-order valence-corrected chi connectivity index (χ4v) is 3.24. The van der Waals surface area contributed by atoms with Crippen LogP contribution in [-0.4, -0.2) is 107 Å². The van der Waals surface area contributed by atoms with Gasteiger partial charge in [0.1, 0.15) is 6.29 Å². The van der Waals surface area contributed by atoms with Crippen molar-refractivity contribution in [3.63, 3.8) is 0 Å². The third-order valence-electron chi connectivity index (χ3n) is 5.63. The van der Waals surface area contributed by atoms with Crippen LogP contribution in [0.1, 0.15) is 90.4 Å². The van der Waals surface area contributed by atoms with Crippen LogP contribution in [0.25, 0.3) is 0 Å². The van der Waals surface area contributed by atoms with Gasteiger partial charge in [0.25, 0.3) is 0 Å². The number of hydroxylamine groups is 6. The Balaban J connectivity index is 0. The smallest absolute Gasteiger partial charge is 0.246 e. The summed E-state index contributed by atoms with van der Waals surface area (Å²) in [5, 5.41) is 35.4. The number of amides is 4. The molecule has 0 rings (SSSR count). The van der Waals surface area contributed by atoms with Crippen LogP contribution in [0.2, 0.25) is 0 Å². The quantitative estimate of drug-likeness (QED) is 0.0443. The van der Waals surface area contributed by atoms with Gasteiger partial charge in [-0.3, -0.25) is 29.6 Å². The molecular weight excluding hydrogens is 524 g/mol. The van der Waals surface area contributed by atoms with Crippen LogP contribution in [0.5, 0.6) is 0 Å². The Morgan fingerprint density at radius 3 is 1.70 bits per heavy atom. The van der Waals surface area contributed by atoms with Gasteiger partial charge < -0.3 is 26.4 Å². The molecule has 14 nitrogen and oxygen atoms in total. The van der Waals surface area contributed by atoms with Gasteiger partial charge in [-0.2, -0.15) is 5.06 Å². The molecule has 4 amide bonds. The summed E-state index contributed by atoms with van der Waals surface area (Å²) in [5.41, 5.74) is 5.27. The Morgan fingerprint density at radius 2 is 1.20 bits per heavy atom. The predicted molar refractivity (Wildman–Crippen MR) is 148 cm³/mol. The Morgan fingerprint density at radius 1 is 0.700 bits per heavy atom. The molecule has 0 unspecified atom stereocenters. The molecule has 0 bridgehead atoms. The van der Waals surface area contributed by atoms with E-state index < -0.39 is 11.8 Å². The van der Waals surface area contributed by atoms with Crippen molar-refractivity contribution in [2.24, 2.45) is 5.73 Å². The maximum atomic E-state index is 11.8. The van der Waals surface area contributed by atoms with Gasteiger partial charge in [-0.25, -0.2) is 10.1 Å². The number of carbonyl (C=O) groups excluding carboxylic acids is 5. The molecular formula is C26H52N6O8. The number of nitrogens with two attached hydrogens (primary N) is 1. The van der Waals surface area contributed by atoms with Crippen LogP contribution in [0, 0.1) is 0 Å². The number of rotatable bonds is 23. The summed E-state index contributed by atoms with van der Waals surface area (Å²) in [6, 6.07) is 0. The molecule has 7 N–H and O–H groups in total. The zero-order valence-electron chi connectivity index (χ0n) is 24.3. The first kappa shape index (κ1) is 39.5. The molecule has 0 aromatic heterocycles. The lowest BCUT2D eigenvalue weighted by Crippen LogP contribution is -2.31. The van der Waals surface area contributed by atoms with E-state index in [9.17, 15) is 34.4 Å². The number of carbonyl (C=O) groups is 5. The minimum Gasteiger partial charge on any atom is -0.356 e. The first-order chi connectivity index (χ1) is 19.0. The molecule has 234 valence electrons. The fourth-order valence-electron chi connectivity index (χ4n) is 3.24. The highest BCUT2D eigenvalue weighted by Gasteiger charge is 2.13. The highest BCUT2D eigenvalue weighted by Crippen LogP contribution is 2.02. The van der Waals surface area contributed by atoms with Gasteiger partial charge in [0.2, 0.25) is 23.6 Å². The standard InChI is InChI=1S/C20H36N4O7.C6H16N2O/c1-17(26)23(30)14-6-2-4-13-22-19(28)10-11-20(29)24(31)15-7-3-5-12-21-18(27)9-8-16-25;1-8(9)6-4-2-3-5-7/h16,30-31H,2-15H2,1H3,(H,21,27)(H,22,28);9H,2-7H2,1H3. The molecule has 0 saturated carbocycles. The van der Waals surface area contributed by atoms with Crippen molar-refractivity contribution in [3.05, 3.63) is 0 Å². The molecule has 0 aliphatic carbocycles. The molecule has 14 heteroatoms. The Kier molecular flexibility index (Phi) is 27.5. The van der Waals surface area contributed by atoms with Crippen molar-refractivity contribution >= 4 is 29.9 Å². The van der Waals surface area contributed by atoms with Crippen molar-refractivity contribution in [2.75, 3.05) is 46.3 Å². The van der Waals surface area contributed by atoms with Gasteiger partial charge in [0.05, 0.1) is 0 Å². The van der Waals surface area contributed by atoms with E-state index in [1.54, 1.807) is 7.05 Å². The Hall–Kier alpha value is -2.65. The van der Waals surface area contributed by atoms with Gasteiger partial charge in [-0.15, -0.1) is 0 Å². The summed E-state index contributed by atoms with van der Waals surface area (Å²) in [4.78, 5) is 55.9. The molecule has 0 spiro atoms. The largest absolute Gasteiger partial charge is 0.356 e. The van der Waals surface area contributed by atoms with Crippen molar-refractivity contribution in [1.29, 1.82) is 0 Å². The molecule has 0 radical (unpaired) electrons. The maximum absolute atomic E-state index is 11.8. The summed E-state index contributed by atoms with van der Waals surface area (Å²) in [5.74, 6) is -1.38. The van der Waals surface area contributed by atoms with Crippen LogP contribution in [-0.2, 0) is 24.0 Å². The summed E-state index contributed by atoms with van der Waals surface area (Å²) >= 11 is 0. The molecule has 0 heterocycles. The fraction of sp³-hybridized carbons (Fsp3) is 0.808. The first-order valence-electron chi connectivity index (χ1n) is 14.1. The van der Waals surface area contributed by atoms with Crippen molar-refractivity contribution in [1.82, 2.24) is 25.8 Å². The van der Waals surface area contributed by atoms with Gasteiger partial charge in [0.15, 0.2) is 0 Å². The minimum atomic E-state index is -0.524. The van der Waals surface area contributed by atoms with Crippen molar-refractivity contribution < 1.29 is 39.6 Å². The maximum Gasteiger partial charge on any atom is 0.246 e. The zero-order chi connectivity index (χ0) is 30.6. The Labute approximate surface area is 238 Å². The number of nitrogens with zero attached hydrogens (tertiary/aromatic N) is 3. The summed E-state index contributed by atoms with van der Waals surface area (Å²) in [6.45, 7) is 4.10. The summed E-state index contributed by atoms with van der Waals surface area (Å²) in [6.07, 6.45) is 8.19. The predicted octanol–water partition coefficient (Wildman–Crippen LogP) is 1.21. The lowest BCUT2D eigenvalue weighted by Gasteiger charge is -2.15. The molecule has 40 heavy (non-hydrogen) atoms. The number of hydrogen-bond acceptors (Lipinski definition) is 10. The SMILES string of the molecule is CC(=O)N(O)CCCCCNC(=O)CCC(=O)N(O)CCCCCNC(=O)CCC=O.CN(O)CCCCCN. The van der Waals surface area contributed by atoms with E-state index >= 15 is 0 Å². The van der Waals surface area contributed by atoms with E-state index in [1.807, 2.05) is 0 Å². The topological polar surface area (TPSA) is 206 Å². The summed E-state index contributed by atoms with van der Waals surface area (Å²) in [7, 11) is 1.66. The number of nitrogens with one attached hydrogen (secondary N) is 2. The van der Waals surface area contributed by atoms with Gasteiger partial charge in [-0.1, -0.05) is 6.42 Å². The lowest BCUT2D eigenvalue weighted by atomic mass is 10.2. The van der Waals surface area contributed by atoms with E-state index in [2.05, 4.69) is 10.6 Å². The second-order valence-corrected chi connectivity index (χ2v) is 9.42. The highest BCUT2D eigenvalue weighted by molar-refractivity contribution is 5.83. The number of aldehydes is 1. The second kappa shape index (κ2) is 27.9. The third-order valence-corrected chi connectivity index (χ3v) is 5.63. The normalized spacial score (nSPS) is 10.4. The van der Waals surface area contributed by atoms with Gasteiger partial charge in [-0.05, 0) is 57.9 Å². The average Bonchev–Trinajstić information content (AvgIpc) is 2.92. The average molecular weight is 577 g/mol. The molecule has 0 saturated heterocycles. The highest BCUT2D eigenvalue weighted by atomic mass is 16.5. The van der Waals surface area contributed by atoms with E-state index in [-0.39, 0.29) is 50.6 Å². The van der Waals surface area contributed by atoms with Crippen LogP contribution in [0.3, 0.4) is 0 Å². The molecule has 0 aliphatic heterocycles. The number of hydrogen-bond donors (Lipinski definition) is 6. The molecule has 0 fully saturated rings. The molecule has 0 aromatic rings. The third kappa shape index (κ3) is 28.4. The molecule has 0 atom stereocenters. The Bertz CT molecular complexity index is 696. The van der Waals surface area contributed by atoms with E-state index in [0.717, 1.165) is 38.8 Å². The second-order valence-electron chi connectivity index (χ2n) is 9.42. The summed E-state index contributed by atoms with van der Waals surface area (Å²) < 4.78 is 0. The van der Waals surface area contributed by atoms with E-state index in [0.29, 0.717) is 61.6 Å². The van der Waals surface area contributed by atoms with E-state index in [1.165, 1.54) is 12.0 Å². The van der Waals surface area contributed by atoms with Gasteiger partial charge in [0, 0.05) is 72.4 Å². The van der Waals surface area contributed by atoms with Crippen molar-refractivity contribution in [3.8, 4) is 0 Å². The monoisotopic (exact) mass is 576 g/mol. The van der Waals surface area contributed by atoms with E-state index in [4.69, 9.17) is 10.9 Å². The van der Waals surface area contributed by atoms with Crippen LogP contribution >= 0.6 is 0 Å². The number of unbranched alkanes of at least 4 members (excludes halogenated alkanes) is 6. The molecule has 0 aromatic carbocycles. The van der Waals surface area contributed by atoms with Crippen molar-refractivity contribution in [2.45, 2.75) is 90.4 Å². The van der Waals surface area contributed by atoms with Gasteiger partial charge >= 0.3 is 0 Å². The minimum absolute atomic E-state index is 0.0164. The van der Waals surface area contributed by atoms with Crippen LogP contribution in [0.15, 0.2) is 0 Å². The molecule has 0 aliphatic rings. The zero-order valence-corrected chi connectivity index (χ0v) is 24.3. The van der Waals surface area contributed by atoms with Crippen LogP contribution in [0.4, 0.5) is 0 Å². The lowest BCUT2D eigenvalue weighted by molar-refractivity contribution is -0.166.